The Labute approximate surface area is 179 Å². The van der Waals surface area contributed by atoms with E-state index in [0.29, 0.717) is 30.0 Å². The van der Waals surface area contributed by atoms with E-state index < -0.39 is 11.7 Å². The van der Waals surface area contributed by atoms with Gasteiger partial charge in [-0.1, -0.05) is 15.9 Å². The van der Waals surface area contributed by atoms with E-state index >= 15 is 0 Å². The van der Waals surface area contributed by atoms with Gasteiger partial charge in [0.15, 0.2) is 0 Å². The molecular weight excluding hydrogens is 436 g/mol. The van der Waals surface area contributed by atoms with Crippen LogP contribution in [0.15, 0.2) is 41.0 Å². The van der Waals surface area contributed by atoms with Crippen LogP contribution >= 0.6 is 15.9 Å². The maximum absolute atomic E-state index is 12.2. The number of hydrogen-bond acceptors (Lipinski definition) is 6. The van der Waals surface area contributed by atoms with E-state index in [9.17, 15) is 4.79 Å². The summed E-state index contributed by atoms with van der Waals surface area (Å²) >= 11 is 3.45. The molecule has 1 saturated heterocycles. The second-order valence-corrected chi connectivity index (χ2v) is 8.61. The normalized spacial score (nSPS) is 14.4. The molecule has 29 heavy (non-hydrogen) atoms. The zero-order valence-electron chi connectivity index (χ0n) is 16.8. The molecule has 2 aromatic rings. The molecule has 0 aliphatic carbocycles. The summed E-state index contributed by atoms with van der Waals surface area (Å²) in [7, 11) is 0. The molecule has 0 spiro atoms. The van der Waals surface area contributed by atoms with Gasteiger partial charge in [-0.05, 0) is 51.1 Å². The lowest BCUT2D eigenvalue weighted by atomic mass is 10.0. The highest BCUT2D eigenvalue weighted by Crippen LogP contribution is 2.26. The molecule has 3 rings (SSSR count). The highest BCUT2D eigenvalue weighted by atomic mass is 79.9. The third kappa shape index (κ3) is 5.77. The summed E-state index contributed by atoms with van der Waals surface area (Å²) in [5.41, 5.74) is 1.49. The van der Waals surface area contributed by atoms with Gasteiger partial charge in [-0.3, -0.25) is 10.7 Å². The quantitative estimate of drug-likeness (QED) is 0.658. The van der Waals surface area contributed by atoms with Crippen LogP contribution < -0.4 is 10.2 Å². The predicted molar refractivity (Wildman–Crippen MR) is 117 cm³/mol. The number of nitrogens with one attached hydrogen (secondary N) is 2. The molecule has 7 nitrogen and oxygen atoms in total. The molecule has 2 N–H and O–H groups in total. The predicted octanol–water partition coefficient (Wildman–Crippen LogP) is 4.44. The van der Waals surface area contributed by atoms with Crippen molar-refractivity contribution in [3.05, 3.63) is 52.1 Å². The fourth-order valence-electron chi connectivity index (χ4n) is 2.94. The second-order valence-electron chi connectivity index (χ2n) is 7.69. The van der Waals surface area contributed by atoms with E-state index in [1.807, 2.05) is 18.2 Å². The molecule has 1 aliphatic heterocycles. The van der Waals surface area contributed by atoms with Crippen LogP contribution in [0.5, 0.6) is 0 Å². The molecule has 0 bridgehead atoms. The summed E-state index contributed by atoms with van der Waals surface area (Å²) < 4.78 is 11.6. The topological polar surface area (TPSA) is 87.5 Å². The van der Waals surface area contributed by atoms with Crippen molar-refractivity contribution >= 4 is 39.2 Å². The van der Waals surface area contributed by atoms with Crippen molar-refractivity contribution in [3.8, 4) is 0 Å². The molecule has 0 atom stereocenters. The van der Waals surface area contributed by atoms with Crippen molar-refractivity contribution in [3.63, 3.8) is 0 Å². The van der Waals surface area contributed by atoms with Gasteiger partial charge in [0, 0.05) is 34.9 Å². The molecule has 1 fully saturated rings. The third-order valence-corrected chi connectivity index (χ3v) is 4.75. The fourth-order valence-corrected chi connectivity index (χ4v) is 3.30. The van der Waals surface area contributed by atoms with E-state index in [0.717, 1.165) is 23.4 Å². The molecule has 1 aliphatic rings. The first-order valence-electron chi connectivity index (χ1n) is 9.40. The largest absolute Gasteiger partial charge is 0.444 e. The maximum atomic E-state index is 12.2. The number of ether oxygens (including phenoxy) is 2. The molecule has 8 heteroatoms. The summed E-state index contributed by atoms with van der Waals surface area (Å²) in [6, 6.07) is 9.07. The summed E-state index contributed by atoms with van der Waals surface area (Å²) in [4.78, 5) is 18.8. The first kappa shape index (κ1) is 21.3. The van der Waals surface area contributed by atoms with Crippen LogP contribution in [-0.2, 0) is 9.47 Å². The van der Waals surface area contributed by atoms with E-state index in [1.54, 1.807) is 39.1 Å². The summed E-state index contributed by atoms with van der Waals surface area (Å²) in [6.07, 6.45) is 1.14. The van der Waals surface area contributed by atoms with Crippen LogP contribution in [0.2, 0.25) is 0 Å². The first-order valence-corrected chi connectivity index (χ1v) is 10.2. The van der Waals surface area contributed by atoms with E-state index in [2.05, 4.69) is 31.1 Å². The Morgan fingerprint density at radius 2 is 1.97 bits per heavy atom. The van der Waals surface area contributed by atoms with Crippen molar-refractivity contribution in [1.29, 1.82) is 5.41 Å². The Bertz CT molecular complexity index is 905. The van der Waals surface area contributed by atoms with Gasteiger partial charge < -0.3 is 14.4 Å². The second kappa shape index (κ2) is 8.92. The van der Waals surface area contributed by atoms with Crippen molar-refractivity contribution in [2.45, 2.75) is 26.4 Å². The van der Waals surface area contributed by atoms with Crippen molar-refractivity contribution < 1.29 is 14.3 Å². The number of aromatic nitrogens is 1. The standard InChI is InChI=1S/C21H25BrN4O3/c1-21(2,3)29-20(27)25-17-5-4-15(22)13-16(17)19(23)14-6-7-24-18(12-14)26-8-10-28-11-9-26/h4-7,12-13,23H,8-11H2,1-3H3,(H,25,27). The van der Waals surface area contributed by atoms with Gasteiger partial charge in [-0.15, -0.1) is 0 Å². The van der Waals surface area contributed by atoms with Crippen LogP contribution in [0.4, 0.5) is 16.3 Å². The van der Waals surface area contributed by atoms with Crippen LogP contribution in [0.1, 0.15) is 31.9 Å². The number of hydrogen-bond donors (Lipinski definition) is 2. The first-order chi connectivity index (χ1) is 13.7. The Morgan fingerprint density at radius 3 is 2.66 bits per heavy atom. The lowest BCUT2D eigenvalue weighted by Gasteiger charge is -2.28. The van der Waals surface area contributed by atoms with Crippen LogP contribution in [0.25, 0.3) is 0 Å². The number of pyridine rings is 1. The number of carbonyl (C=O) groups is 1. The number of amides is 1. The molecule has 1 amide bonds. The van der Waals surface area contributed by atoms with E-state index in [-0.39, 0.29) is 5.71 Å². The zero-order valence-corrected chi connectivity index (χ0v) is 18.4. The highest BCUT2D eigenvalue weighted by Gasteiger charge is 2.20. The van der Waals surface area contributed by atoms with Crippen LogP contribution in [0.3, 0.4) is 0 Å². The molecular formula is C21H25BrN4O3. The minimum absolute atomic E-state index is 0.286. The average Bonchev–Trinajstić information content (AvgIpc) is 2.68. The summed E-state index contributed by atoms with van der Waals surface area (Å²) in [6.45, 7) is 8.29. The third-order valence-electron chi connectivity index (χ3n) is 4.26. The van der Waals surface area contributed by atoms with Gasteiger partial charge in [0.25, 0.3) is 0 Å². The minimum Gasteiger partial charge on any atom is -0.444 e. The van der Waals surface area contributed by atoms with Gasteiger partial charge in [-0.2, -0.15) is 0 Å². The van der Waals surface area contributed by atoms with Crippen molar-refractivity contribution in [2.24, 2.45) is 0 Å². The van der Waals surface area contributed by atoms with Crippen molar-refractivity contribution in [1.82, 2.24) is 4.98 Å². The number of carbonyl (C=O) groups excluding carboxylic acids is 1. The molecule has 0 unspecified atom stereocenters. The van der Waals surface area contributed by atoms with Gasteiger partial charge in [-0.25, -0.2) is 9.78 Å². The van der Waals surface area contributed by atoms with Gasteiger partial charge in [0.1, 0.15) is 11.4 Å². The van der Waals surface area contributed by atoms with Gasteiger partial charge in [0.2, 0.25) is 0 Å². The number of rotatable bonds is 4. The zero-order chi connectivity index (χ0) is 21.0. The SMILES string of the molecule is CC(C)(C)OC(=O)Nc1ccc(Br)cc1C(=N)c1ccnc(N2CCOCC2)c1. The Balaban J connectivity index is 1.87. The monoisotopic (exact) mass is 460 g/mol. The Morgan fingerprint density at radius 1 is 1.24 bits per heavy atom. The molecule has 0 saturated carbocycles. The summed E-state index contributed by atoms with van der Waals surface area (Å²) in [5.74, 6) is 0.812. The number of benzene rings is 1. The average molecular weight is 461 g/mol. The maximum Gasteiger partial charge on any atom is 0.412 e. The number of morpholine rings is 1. The lowest BCUT2D eigenvalue weighted by Crippen LogP contribution is -2.36. The summed E-state index contributed by atoms with van der Waals surface area (Å²) in [5, 5.41) is 11.5. The van der Waals surface area contributed by atoms with Gasteiger partial charge in [0.05, 0.1) is 24.6 Å². The lowest BCUT2D eigenvalue weighted by molar-refractivity contribution is 0.0636. The molecule has 1 aromatic heterocycles. The minimum atomic E-state index is -0.606. The number of nitrogens with zero attached hydrogens (tertiary/aromatic N) is 2. The smallest absolute Gasteiger partial charge is 0.412 e. The van der Waals surface area contributed by atoms with Gasteiger partial charge >= 0.3 is 6.09 Å². The van der Waals surface area contributed by atoms with Crippen LogP contribution in [-0.4, -0.2) is 48.7 Å². The Kier molecular flexibility index (Phi) is 6.54. The molecule has 1 aromatic carbocycles. The van der Waals surface area contributed by atoms with E-state index in [4.69, 9.17) is 14.9 Å². The van der Waals surface area contributed by atoms with Crippen LogP contribution in [0, 0.1) is 5.41 Å². The van der Waals surface area contributed by atoms with E-state index in [1.165, 1.54) is 0 Å². The fraction of sp³-hybridized carbons (Fsp3) is 0.381. The highest BCUT2D eigenvalue weighted by molar-refractivity contribution is 9.10. The molecule has 154 valence electrons. The Hall–Kier alpha value is -2.45. The number of anilines is 2. The van der Waals surface area contributed by atoms with Crippen molar-refractivity contribution in [2.75, 3.05) is 36.5 Å². The number of halogens is 1. The molecule has 2 heterocycles. The molecule has 0 radical (unpaired) electrons.